The number of nitrogens with zero attached hydrogens (tertiary/aromatic N) is 3. The number of benzene rings is 1. The van der Waals surface area contributed by atoms with Crippen molar-refractivity contribution in [3.63, 3.8) is 0 Å². The molecule has 0 bridgehead atoms. The molecule has 2 aromatic rings. The number of hydrogen-bond acceptors (Lipinski definition) is 8. The normalized spacial score (nSPS) is 15.3. The van der Waals surface area contributed by atoms with Crippen molar-refractivity contribution < 1.29 is 17.9 Å². The second-order valence-electron chi connectivity index (χ2n) is 5.59. The predicted octanol–water partition coefficient (Wildman–Crippen LogP) is 2.74. The van der Waals surface area contributed by atoms with Crippen LogP contribution in [0.4, 0.5) is 5.13 Å². The first-order valence-electron chi connectivity index (χ1n) is 8.18. The van der Waals surface area contributed by atoms with E-state index in [1.807, 2.05) is 0 Å². The number of rotatable bonds is 7. The van der Waals surface area contributed by atoms with Gasteiger partial charge in [0.25, 0.3) is 5.91 Å². The van der Waals surface area contributed by atoms with Crippen LogP contribution >= 0.6 is 34.7 Å². The summed E-state index contributed by atoms with van der Waals surface area (Å²) in [4.78, 5) is 12.6. The lowest BCUT2D eigenvalue weighted by Crippen LogP contribution is -2.40. The number of amides is 1. The monoisotopic (exact) mass is 460 g/mol. The van der Waals surface area contributed by atoms with Crippen molar-refractivity contribution in [2.45, 2.75) is 9.24 Å². The summed E-state index contributed by atoms with van der Waals surface area (Å²) in [7, 11) is -3.74. The van der Waals surface area contributed by atoms with Gasteiger partial charge in [-0.3, -0.25) is 10.1 Å². The Balaban J connectivity index is 1.79. The van der Waals surface area contributed by atoms with Crippen molar-refractivity contribution in [1.29, 1.82) is 0 Å². The molecule has 1 aromatic carbocycles. The van der Waals surface area contributed by atoms with E-state index in [4.69, 9.17) is 16.3 Å². The molecule has 0 unspecified atom stereocenters. The number of sulfonamides is 1. The molecule has 0 radical (unpaired) electrons. The smallest absolute Gasteiger partial charge is 0.259 e. The number of nitrogens with one attached hydrogen (secondary N) is 1. The Hall–Kier alpha value is -1.50. The van der Waals surface area contributed by atoms with Gasteiger partial charge in [0.05, 0.1) is 28.7 Å². The molecule has 0 spiro atoms. The molecule has 1 aliphatic heterocycles. The van der Waals surface area contributed by atoms with E-state index in [1.165, 1.54) is 45.6 Å². The van der Waals surface area contributed by atoms with Gasteiger partial charge in [0.1, 0.15) is 0 Å². The highest BCUT2D eigenvalue weighted by atomic mass is 35.5. The molecule has 2 heterocycles. The van der Waals surface area contributed by atoms with Gasteiger partial charge in [0.2, 0.25) is 15.2 Å². The van der Waals surface area contributed by atoms with Crippen LogP contribution in [0.25, 0.3) is 0 Å². The molecule has 0 atom stereocenters. The first kappa shape index (κ1) is 21.2. The average Bonchev–Trinajstić information content (AvgIpc) is 3.14. The van der Waals surface area contributed by atoms with E-state index in [-0.39, 0.29) is 28.6 Å². The van der Waals surface area contributed by atoms with Crippen molar-refractivity contribution in [3.8, 4) is 0 Å². The van der Waals surface area contributed by atoms with Crippen LogP contribution in [0.2, 0.25) is 5.02 Å². The molecule has 1 saturated heterocycles. The van der Waals surface area contributed by atoms with Crippen molar-refractivity contribution in [3.05, 3.63) is 41.4 Å². The maximum atomic E-state index is 12.8. The minimum atomic E-state index is -3.74. The Kier molecular flexibility index (Phi) is 7.07. The Bertz CT molecular complexity index is 974. The lowest BCUT2D eigenvalue weighted by Gasteiger charge is -2.26. The van der Waals surface area contributed by atoms with Gasteiger partial charge in [0.15, 0.2) is 4.34 Å². The molecule has 28 heavy (non-hydrogen) atoms. The minimum Gasteiger partial charge on any atom is -0.379 e. The zero-order chi connectivity index (χ0) is 20.1. The Labute approximate surface area is 176 Å². The molecular weight excluding hydrogens is 444 g/mol. The summed E-state index contributed by atoms with van der Waals surface area (Å²) in [5.74, 6) is 0.121. The van der Waals surface area contributed by atoms with Crippen molar-refractivity contribution in [1.82, 2.24) is 14.5 Å². The fourth-order valence-electron chi connectivity index (χ4n) is 2.39. The van der Waals surface area contributed by atoms with E-state index >= 15 is 0 Å². The number of morpholine rings is 1. The molecule has 3 rings (SSSR count). The maximum Gasteiger partial charge on any atom is 0.259 e. The Morgan fingerprint density at radius 3 is 2.86 bits per heavy atom. The SMILES string of the molecule is C=CCSc1nnc(NC(=O)c2cc(S(=O)(=O)N3CCOCC3)ccc2Cl)s1. The number of halogens is 1. The van der Waals surface area contributed by atoms with Gasteiger partial charge in [0, 0.05) is 18.8 Å². The van der Waals surface area contributed by atoms with E-state index in [0.29, 0.717) is 28.4 Å². The zero-order valence-corrected chi connectivity index (χ0v) is 17.8. The second kappa shape index (κ2) is 9.33. The van der Waals surface area contributed by atoms with Crippen molar-refractivity contribution in [2.24, 2.45) is 0 Å². The first-order valence-corrected chi connectivity index (χ1v) is 11.8. The summed E-state index contributed by atoms with van der Waals surface area (Å²) < 4.78 is 32.8. The minimum absolute atomic E-state index is 0.00319. The molecule has 1 fully saturated rings. The van der Waals surface area contributed by atoms with E-state index in [2.05, 4.69) is 22.1 Å². The van der Waals surface area contributed by atoms with Crippen LogP contribution in [-0.4, -0.2) is 60.9 Å². The summed E-state index contributed by atoms with van der Waals surface area (Å²) in [6.45, 7) is 4.84. The standard InChI is InChI=1S/C16H17ClN4O4S3/c1-2-9-26-16-20-19-15(27-16)18-14(22)12-10-11(3-4-13(12)17)28(23,24)21-5-7-25-8-6-21/h2-4,10H,1,5-9H2,(H,18,19,22). The van der Waals surface area contributed by atoms with Gasteiger partial charge < -0.3 is 4.74 Å². The van der Waals surface area contributed by atoms with Crippen molar-refractivity contribution in [2.75, 3.05) is 37.4 Å². The predicted molar refractivity (Wildman–Crippen MR) is 110 cm³/mol. The third-order valence-corrected chi connectivity index (χ3v) is 7.93. The number of anilines is 1. The molecule has 1 aliphatic rings. The molecule has 12 heteroatoms. The number of carbonyl (C=O) groups is 1. The maximum absolute atomic E-state index is 12.8. The third kappa shape index (κ3) is 4.91. The number of thioether (sulfide) groups is 1. The van der Waals surface area contributed by atoms with E-state index in [1.54, 1.807) is 6.08 Å². The summed E-state index contributed by atoms with van der Waals surface area (Å²) in [5, 5.41) is 10.9. The highest BCUT2D eigenvalue weighted by Gasteiger charge is 2.27. The van der Waals surface area contributed by atoms with Gasteiger partial charge in [-0.25, -0.2) is 8.42 Å². The van der Waals surface area contributed by atoms with Gasteiger partial charge in [-0.2, -0.15) is 4.31 Å². The lowest BCUT2D eigenvalue weighted by molar-refractivity contribution is 0.0730. The number of carbonyl (C=O) groups excluding carboxylic acids is 1. The van der Waals surface area contributed by atoms with Gasteiger partial charge in [-0.1, -0.05) is 40.8 Å². The van der Waals surface area contributed by atoms with Crippen LogP contribution in [-0.2, 0) is 14.8 Å². The van der Waals surface area contributed by atoms with Crippen molar-refractivity contribution >= 4 is 55.8 Å². The van der Waals surface area contributed by atoms with Crippen LogP contribution in [0.5, 0.6) is 0 Å². The largest absolute Gasteiger partial charge is 0.379 e. The van der Waals surface area contributed by atoms with Crippen LogP contribution in [0.1, 0.15) is 10.4 Å². The van der Waals surface area contributed by atoms with E-state index in [0.717, 1.165) is 0 Å². The highest BCUT2D eigenvalue weighted by molar-refractivity contribution is 8.01. The quantitative estimate of drug-likeness (QED) is 0.385. The molecule has 0 aliphatic carbocycles. The molecule has 1 N–H and O–H groups in total. The summed E-state index contributed by atoms with van der Waals surface area (Å²) >= 11 is 8.78. The third-order valence-electron chi connectivity index (χ3n) is 3.74. The number of ether oxygens (including phenoxy) is 1. The highest BCUT2D eigenvalue weighted by Crippen LogP contribution is 2.28. The van der Waals surface area contributed by atoms with Gasteiger partial charge in [-0.05, 0) is 18.2 Å². The first-order chi connectivity index (χ1) is 13.4. The van der Waals surface area contributed by atoms with Crippen LogP contribution in [0, 0.1) is 0 Å². The number of hydrogen-bond donors (Lipinski definition) is 1. The second-order valence-corrected chi connectivity index (χ2v) is 10.2. The topological polar surface area (TPSA) is 101 Å². The van der Waals surface area contributed by atoms with Crippen LogP contribution in [0.15, 0.2) is 40.1 Å². The Morgan fingerprint density at radius 2 is 2.14 bits per heavy atom. The van der Waals surface area contributed by atoms with E-state index in [9.17, 15) is 13.2 Å². The lowest BCUT2D eigenvalue weighted by atomic mass is 10.2. The fraction of sp³-hybridized carbons (Fsp3) is 0.312. The summed E-state index contributed by atoms with van der Waals surface area (Å²) in [5.41, 5.74) is 0.0477. The summed E-state index contributed by atoms with van der Waals surface area (Å²) in [6.07, 6.45) is 1.74. The van der Waals surface area contributed by atoms with Crippen LogP contribution in [0.3, 0.4) is 0 Å². The molecule has 0 saturated carbocycles. The summed E-state index contributed by atoms with van der Waals surface area (Å²) in [6, 6.07) is 4.06. The molecule has 150 valence electrons. The number of aromatic nitrogens is 2. The zero-order valence-electron chi connectivity index (χ0n) is 14.6. The fourth-order valence-corrected chi connectivity index (χ4v) is 5.53. The molecule has 1 amide bonds. The Morgan fingerprint density at radius 1 is 1.39 bits per heavy atom. The van der Waals surface area contributed by atoms with Gasteiger partial charge in [-0.15, -0.1) is 16.8 Å². The van der Waals surface area contributed by atoms with E-state index < -0.39 is 15.9 Å². The molecule has 1 aromatic heterocycles. The van der Waals surface area contributed by atoms with Gasteiger partial charge >= 0.3 is 0 Å². The average molecular weight is 461 g/mol. The molecular formula is C16H17ClN4O4S3. The molecule has 8 nitrogen and oxygen atoms in total. The van der Waals surface area contributed by atoms with Crippen LogP contribution < -0.4 is 5.32 Å².